The van der Waals surface area contributed by atoms with Crippen LogP contribution in [0.4, 0.5) is 5.82 Å². The van der Waals surface area contributed by atoms with Crippen LogP contribution in [-0.4, -0.2) is 59.9 Å². The van der Waals surface area contributed by atoms with E-state index in [0.717, 1.165) is 26.2 Å². The van der Waals surface area contributed by atoms with Crippen molar-refractivity contribution in [1.29, 1.82) is 5.41 Å². The first-order valence-electron chi connectivity index (χ1n) is 6.32. The second-order valence-corrected chi connectivity index (χ2v) is 4.81. The quantitative estimate of drug-likeness (QED) is 0.615. The van der Waals surface area contributed by atoms with Crippen molar-refractivity contribution in [2.75, 3.05) is 33.2 Å². The third-order valence-electron chi connectivity index (χ3n) is 3.11. The minimum absolute atomic E-state index is 0.343. The number of nitrogens with zero attached hydrogens (tertiary/aromatic N) is 4. The number of nitrogens with one attached hydrogen (secondary N) is 1. The molecule has 0 bridgehead atoms. The van der Waals surface area contributed by atoms with Crippen molar-refractivity contribution < 1.29 is 4.52 Å². The molecule has 0 aliphatic carbocycles. The van der Waals surface area contributed by atoms with Gasteiger partial charge in [-0.15, -0.1) is 0 Å². The zero-order valence-corrected chi connectivity index (χ0v) is 11.4. The van der Waals surface area contributed by atoms with E-state index in [1.54, 1.807) is 13.0 Å². The molecule has 3 N–H and O–H groups in total. The molecule has 1 aromatic rings. The number of nitrogens with two attached hydrogens (primary N) is 1. The van der Waals surface area contributed by atoms with Crippen LogP contribution >= 0.6 is 0 Å². The molecular weight excluding hydrogens is 244 g/mol. The Labute approximate surface area is 112 Å². The van der Waals surface area contributed by atoms with Gasteiger partial charge in [0.2, 0.25) is 0 Å². The van der Waals surface area contributed by atoms with Gasteiger partial charge in [0.15, 0.2) is 5.82 Å². The van der Waals surface area contributed by atoms with E-state index in [0.29, 0.717) is 29.7 Å². The van der Waals surface area contributed by atoms with E-state index < -0.39 is 0 Å². The number of likely N-dealkylation sites (N-methyl/N-ethyl adjacent to an activating group) is 1. The fourth-order valence-corrected chi connectivity index (χ4v) is 1.95. The SMILES string of the molecule is Cc1cc(N=C(N)CC(=N)N2CCN(C)CC2)no1. The Morgan fingerprint density at radius 2 is 2.16 bits per heavy atom. The number of aromatic nitrogens is 1. The maximum atomic E-state index is 8.05. The Morgan fingerprint density at radius 1 is 1.47 bits per heavy atom. The first-order valence-corrected chi connectivity index (χ1v) is 6.32. The molecule has 104 valence electrons. The Kier molecular flexibility index (Phi) is 4.16. The van der Waals surface area contributed by atoms with Gasteiger partial charge in [0.1, 0.15) is 17.4 Å². The summed E-state index contributed by atoms with van der Waals surface area (Å²) in [5.74, 6) is 2.05. The summed E-state index contributed by atoms with van der Waals surface area (Å²) in [6.45, 7) is 5.48. The van der Waals surface area contributed by atoms with Crippen LogP contribution in [-0.2, 0) is 0 Å². The first kappa shape index (κ1) is 13.5. The van der Waals surface area contributed by atoms with Gasteiger partial charge < -0.3 is 20.1 Å². The summed E-state index contributed by atoms with van der Waals surface area (Å²) in [6, 6.07) is 1.71. The maximum Gasteiger partial charge on any atom is 0.197 e. The Morgan fingerprint density at radius 3 is 2.74 bits per heavy atom. The summed E-state index contributed by atoms with van der Waals surface area (Å²) in [7, 11) is 2.09. The zero-order valence-electron chi connectivity index (χ0n) is 11.4. The van der Waals surface area contributed by atoms with Crippen LogP contribution in [0.5, 0.6) is 0 Å². The van der Waals surface area contributed by atoms with Gasteiger partial charge in [0, 0.05) is 32.2 Å². The largest absolute Gasteiger partial charge is 0.387 e. The molecule has 0 spiro atoms. The molecule has 7 nitrogen and oxygen atoms in total. The van der Waals surface area contributed by atoms with Crippen LogP contribution in [0.2, 0.25) is 0 Å². The van der Waals surface area contributed by atoms with Crippen molar-refractivity contribution in [1.82, 2.24) is 15.0 Å². The molecule has 1 saturated heterocycles. The van der Waals surface area contributed by atoms with Gasteiger partial charge in [-0.2, -0.15) is 0 Å². The van der Waals surface area contributed by atoms with Crippen molar-refractivity contribution in [3.05, 3.63) is 11.8 Å². The average molecular weight is 264 g/mol. The predicted molar refractivity (Wildman–Crippen MR) is 73.9 cm³/mol. The van der Waals surface area contributed by atoms with Gasteiger partial charge in [-0.1, -0.05) is 5.16 Å². The zero-order chi connectivity index (χ0) is 13.8. The fourth-order valence-electron chi connectivity index (χ4n) is 1.95. The number of amidine groups is 2. The number of aliphatic imine (C=N–C) groups is 1. The van der Waals surface area contributed by atoms with E-state index in [-0.39, 0.29) is 0 Å². The molecule has 0 aromatic carbocycles. The standard InChI is InChI=1S/C12H20N6O/c1-9-7-12(16-19-9)15-10(13)8-11(14)18-5-3-17(2)4-6-18/h7,14H,3-6,8H2,1-2H3,(H2,13,15,16). The van der Waals surface area contributed by atoms with Crippen molar-refractivity contribution >= 4 is 17.5 Å². The molecular formula is C12H20N6O. The van der Waals surface area contributed by atoms with Gasteiger partial charge >= 0.3 is 0 Å². The molecule has 2 heterocycles. The normalized spacial score (nSPS) is 17.8. The van der Waals surface area contributed by atoms with E-state index in [1.807, 2.05) is 4.90 Å². The lowest BCUT2D eigenvalue weighted by molar-refractivity contribution is 0.213. The minimum Gasteiger partial charge on any atom is -0.387 e. The van der Waals surface area contributed by atoms with E-state index in [1.165, 1.54) is 0 Å². The molecule has 0 unspecified atom stereocenters. The number of piperazine rings is 1. The van der Waals surface area contributed by atoms with Crippen LogP contribution in [0.3, 0.4) is 0 Å². The van der Waals surface area contributed by atoms with E-state index in [9.17, 15) is 0 Å². The van der Waals surface area contributed by atoms with Crippen LogP contribution in [0.25, 0.3) is 0 Å². The summed E-state index contributed by atoms with van der Waals surface area (Å²) in [5.41, 5.74) is 5.84. The van der Waals surface area contributed by atoms with Crippen LogP contribution < -0.4 is 5.73 Å². The van der Waals surface area contributed by atoms with Gasteiger partial charge in [-0.25, -0.2) is 4.99 Å². The first-order chi connectivity index (χ1) is 9.04. The highest BCUT2D eigenvalue weighted by molar-refractivity contribution is 6.01. The highest BCUT2D eigenvalue weighted by Gasteiger charge is 2.17. The van der Waals surface area contributed by atoms with Crippen LogP contribution in [0, 0.1) is 12.3 Å². The number of hydrogen-bond acceptors (Lipinski definition) is 5. The Bertz CT molecular complexity index is 472. The monoisotopic (exact) mass is 264 g/mol. The number of aryl methyl sites for hydroxylation is 1. The van der Waals surface area contributed by atoms with Gasteiger partial charge in [0.25, 0.3) is 0 Å². The summed E-state index contributed by atoms with van der Waals surface area (Å²) >= 11 is 0. The van der Waals surface area contributed by atoms with Crippen LogP contribution in [0.15, 0.2) is 15.6 Å². The molecule has 1 aliphatic rings. The molecule has 1 aromatic heterocycles. The van der Waals surface area contributed by atoms with Gasteiger partial charge in [-0.3, -0.25) is 5.41 Å². The summed E-state index contributed by atoms with van der Waals surface area (Å²) in [6.07, 6.45) is 0.343. The molecule has 7 heteroatoms. The maximum absolute atomic E-state index is 8.05. The third-order valence-corrected chi connectivity index (χ3v) is 3.11. The van der Waals surface area contributed by atoms with Gasteiger partial charge in [-0.05, 0) is 14.0 Å². The van der Waals surface area contributed by atoms with Gasteiger partial charge in [0.05, 0.1) is 6.42 Å². The fraction of sp³-hybridized carbons (Fsp3) is 0.583. The second-order valence-electron chi connectivity index (χ2n) is 4.81. The number of rotatable bonds is 3. The molecule has 2 rings (SSSR count). The highest BCUT2D eigenvalue weighted by atomic mass is 16.5. The molecule has 0 saturated carbocycles. The molecule has 0 radical (unpaired) electrons. The van der Waals surface area contributed by atoms with E-state index in [4.69, 9.17) is 15.7 Å². The summed E-state index contributed by atoms with van der Waals surface area (Å²) in [5, 5.41) is 11.8. The summed E-state index contributed by atoms with van der Waals surface area (Å²) < 4.78 is 4.92. The smallest absolute Gasteiger partial charge is 0.197 e. The minimum atomic E-state index is 0.343. The lowest BCUT2D eigenvalue weighted by Gasteiger charge is -2.34. The second kappa shape index (κ2) is 5.83. The Balaban J connectivity index is 1.89. The van der Waals surface area contributed by atoms with Crippen molar-refractivity contribution in [2.45, 2.75) is 13.3 Å². The topological polar surface area (TPSA) is 94.7 Å². The molecule has 1 fully saturated rings. The lowest BCUT2D eigenvalue weighted by atomic mass is 10.2. The highest BCUT2D eigenvalue weighted by Crippen LogP contribution is 2.11. The molecule has 19 heavy (non-hydrogen) atoms. The number of hydrogen-bond donors (Lipinski definition) is 2. The van der Waals surface area contributed by atoms with Crippen molar-refractivity contribution in [3.8, 4) is 0 Å². The summed E-state index contributed by atoms with van der Waals surface area (Å²) in [4.78, 5) is 8.43. The molecule has 1 aliphatic heterocycles. The third kappa shape index (κ3) is 3.78. The van der Waals surface area contributed by atoms with E-state index in [2.05, 4.69) is 22.1 Å². The van der Waals surface area contributed by atoms with Crippen molar-refractivity contribution in [3.63, 3.8) is 0 Å². The molecule has 0 atom stereocenters. The average Bonchev–Trinajstić information content (AvgIpc) is 2.75. The van der Waals surface area contributed by atoms with Crippen LogP contribution in [0.1, 0.15) is 12.2 Å². The Hall–Kier alpha value is -1.89. The predicted octanol–water partition coefficient (Wildman–Crippen LogP) is 0.586. The van der Waals surface area contributed by atoms with E-state index >= 15 is 0 Å². The lowest BCUT2D eigenvalue weighted by Crippen LogP contribution is -2.47. The molecule has 0 amide bonds. The van der Waals surface area contributed by atoms with Crippen molar-refractivity contribution in [2.24, 2.45) is 10.7 Å².